The molecule has 0 fully saturated rings. The lowest BCUT2D eigenvalue weighted by molar-refractivity contribution is -0.129. The van der Waals surface area contributed by atoms with Gasteiger partial charge in [-0.2, -0.15) is 0 Å². The normalized spacial score (nSPS) is 15.4. The van der Waals surface area contributed by atoms with Crippen LogP contribution in [-0.2, 0) is 16.1 Å². The zero-order chi connectivity index (χ0) is 21.0. The van der Waals surface area contributed by atoms with Crippen LogP contribution in [0.15, 0.2) is 36.4 Å². The molecule has 0 spiro atoms. The van der Waals surface area contributed by atoms with Crippen LogP contribution in [0.3, 0.4) is 0 Å². The number of hydrogen-bond acceptors (Lipinski definition) is 5. The van der Waals surface area contributed by atoms with E-state index in [9.17, 15) is 9.59 Å². The van der Waals surface area contributed by atoms with Gasteiger partial charge in [-0.25, -0.2) is 0 Å². The maximum atomic E-state index is 12.8. The van der Waals surface area contributed by atoms with Gasteiger partial charge in [-0.15, -0.1) is 0 Å². The highest BCUT2D eigenvalue weighted by atomic mass is 16.5. The number of carbonyl (C=O) groups excluding carboxylic acids is 2. The lowest BCUT2D eigenvalue weighted by atomic mass is 10.1. The maximum Gasteiger partial charge on any atom is 0.268 e. The molecular weight excluding hydrogens is 372 g/mol. The predicted octanol–water partition coefficient (Wildman–Crippen LogP) is 2.83. The minimum atomic E-state index is -0.587. The molecule has 29 heavy (non-hydrogen) atoms. The number of methoxy groups -OCH3 is 2. The zero-order valence-corrected chi connectivity index (χ0v) is 17.2. The molecule has 1 N–H and O–H groups in total. The van der Waals surface area contributed by atoms with Gasteiger partial charge in [-0.3, -0.25) is 14.5 Å². The van der Waals surface area contributed by atoms with Gasteiger partial charge in [0.05, 0.1) is 19.9 Å². The Hall–Kier alpha value is -3.22. The second kappa shape index (κ2) is 8.86. The summed E-state index contributed by atoms with van der Waals surface area (Å²) < 4.78 is 16.4. The minimum Gasteiger partial charge on any atom is -0.497 e. The van der Waals surface area contributed by atoms with Gasteiger partial charge in [0.25, 0.3) is 5.91 Å². The number of ether oxygens (including phenoxy) is 3. The molecule has 0 saturated heterocycles. The van der Waals surface area contributed by atoms with Gasteiger partial charge in [0.1, 0.15) is 23.8 Å². The van der Waals surface area contributed by atoms with Crippen molar-refractivity contribution in [3.63, 3.8) is 0 Å². The zero-order valence-electron chi connectivity index (χ0n) is 17.2. The van der Waals surface area contributed by atoms with E-state index >= 15 is 0 Å². The van der Waals surface area contributed by atoms with Gasteiger partial charge >= 0.3 is 0 Å². The number of anilines is 1. The second-order valence-corrected chi connectivity index (χ2v) is 6.86. The van der Waals surface area contributed by atoms with E-state index in [0.717, 1.165) is 11.1 Å². The highest BCUT2D eigenvalue weighted by molar-refractivity contribution is 6.03. The van der Waals surface area contributed by atoms with E-state index in [1.807, 2.05) is 38.1 Å². The van der Waals surface area contributed by atoms with Crippen LogP contribution in [0.4, 0.5) is 5.69 Å². The molecule has 0 unspecified atom stereocenters. The molecule has 3 rings (SSSR count). The van der Waals surface area contributed by atoms with Crippen LogP contribution in [0.1, 0.15) is 24.5 Å². The molecule has 0 aromatic heterocycles. The number of carbonyl (C=O) groups is 2. The summed E-state index contributed by atoms with van der Waals surface area (Å²) in [6, 6.07) is 11.0. The summed E-state index contributed by atoms with van der Waals surface area (Å²) in [5, 5.41) is 2.86. The molecule has 1 aliphatic rings. The first-order valence-electron chi connectivity index (χ1n) is 9.53. The Labute approximate surface area is 170 Å². The third-order valence-electron chi connectivity index (χ3n) is 4.85. The van der Waals surface area contributed by atoms with Crippen LogP contribution in [-0.4, -0.2) is 38.7 Å². The molecule has 154 valence electrons. The van der Waals surface area contributed by atoms with Gasteiger partial charge < -0.3 is 19.5 Å². The highest BCUT2D eigenvalue weighted by Gasteiger charge is 2.34. The summed E-state index contributed by atoms with van der Waals surface area (Å²) in [6.45, 7) is 4.00. The van der Waals surface area contributed by atoms with Crippen LogP contribution in [0.25, 0.3) is 0 Å². The van der Waals surface area contributed by atoms with Crippen molar-refractivity contribution < 1.29 is 23.8 Å². The van der Waals surface area contributed by atoms with Crippen LogP contribution in [0.5, 0.6) is 17.2 Å². The summed E-state index contributed by atoms with van der Waals surface area (Å²) in [6.07, 6.45) is -0.0536. The third-order valence-corrected chi connectivity index (χ3v) is 4.85. The molecule has 1 heterocycles. The molecule has 1 atom stereocenters. The van der Waals surface area contributed by atoms with Crippen LogP contribution >= 0.6 is 0 Å². The Morgan fingerprint density at radius 3 is 2.66 bits per heavy atom. The molecule has 0 saturated carbocycles. The van der Waals surface area contributed by atoms with Crippen molar-refractivity contribution in [2.24, 2.45) is 0 Å². The van der Waals surface area contributed by atoms with Gasteiger partial charge in [0, 0.05) is 12.1 Å². The van der Waals surface area contributed by atoms with E-state index in [2.05, 4.69) is 5.32 Å². The van der Waals surface area contributed by atoms with Gasteiger partial charge in [-0.05, 0) is 49.2 Å². The van der Waals surface area contributed by atoms with Crippen molar-refractivity contribution in [3.05, 3.63) is 47.5 Å². The first kappa shape index (κ1) is 20.5. The summed E-state index contributed by atoms with van der Waals surface area (Å²) in [5.41, 5.74) is 2.40. The summed E-state index contributed by atoms with van der Waals surface area (Å²) in [4.78, 5) is 27.0. The summed E-state index contributed by atoms with van der Waals surface area (Å²) in [5.74, 6) is 1.46. The van der Waals surface area contributed by atoms with E-state index in [-0.39, 0.29) is 24.9 Å². The lowest BCUT2D eigenvalue weighted by Crippen LogP contribution is -2.49. The first-order chi connectivity index (χ1) is 14.0. The van der Waals surface area contributed by atoms with Crippen molar-refractivity contribution in [1.82, 2.24) is 5.32 Å². The molecule has 7 heteroatoms. The fraction of sp³-hybridized carbons (Fsp3) is 0.364. The number of rotatable bonds is 7. The van der Waals surface area contributed by atoms with Crippen LogP contribution in [0.2, 0.25) is 0 Å². The average Bonchev–Trinajstić information content (AvgIpc) is 2.74. The van der Waals surface area contributed by atoms with Crippen molar-refractivity contribution in [2.75, 3.05) is 25.7 Å². The largest absolute Gasteiger partial charge is 0.497 e. The quantitative estimate of drug-likeness (QED) is 0.776. The average molecular weight is 398 g/mol. The number of nitrogens with one attached hydrogen (secondary N) is 1. The number of hydrogen-bond donors (Lipinski definition) is 1. The molecule has 2 amide bonds. The van der Waals surface area contributed by atoms with Crippen molar-refractivity contribution in [1.29, 1.82) is 0 Å². The molecule has 0 radical (unpaired) electrons. The minimum absolute atomic E-state index is 0.0819. The van der Waals surface area contributed by atoms with E-state index in [1.165, 1.54) is 4.90 Å². The molecule has 1 aliphatic heterocycles. The number of amides is 2. The molecule has 0 aliphatic carbocycles. The summed E-state index contributed by atoms with van der Waals surface area (Å²) in [7, 11) is 3.15. The van der Waals surface area contributed by atoms with Crippen molar-refractivity contribution in [2.45, 2.75) is 32.9 Å². The highest BCUT2D eigenvalue weighted by Crippen LogP contribution is 2.35. The van der Waals surface area contributed by atoms with Crippen molar-refractivity contribution in [3.8, 4) is 17.2 Å². The van der Waals surface area contributed by atoms with Gasteiger partial charge in [-0.1, -0.05) is 13.0 Å². The molecule has 2 aromatic carbocycles. The lowest BCUT2D eigenvalue weighted by Gasteiger charge is -2.34. The smallest absolute Gasteiger partial charge is 0.268 e. The fourth-order valence-corrected chi connectivity index (χ4v) is 3.27. The van der Waals surface area contributed by atoms with E-state index in [4.69, 9.17) is 14.2 Å². The number of benzene rings is 2. The van der Waals surface area contributed by atoms with Gasteiger partial charge in [0.2, 0.25) is 5.91 Å². The standard InChI is InChI=1S/C22H26N2O5/c1-5-18-22(26)24(17-10-14(2)6-8-20(17)29-18)13-21(25)23-12-15-11-16(27-3)7-9-19(15)28-4/h6-11,18H,5,12-13H2,1-4H3,(H,23,25)/t18-/m1/s1. The molecule has 2 aromatic rings. The molecule has 0 bridgehead atoms. The summed E-state index contributed by atoms with van der Waals surface area (Å²) >= 11 is 0. The van der Waals surface area contributed by atoms with Crippen molar-refractivity contribution >= 4 is 17.5 Å². The Balaban J connectivity index is 1.75. The third kappa shape index (κ3) is 4.45. The monoisotopic (exact) mass is 398 g/mol. The molecule has 7 nitrogen and oxygen atoms in total. The predicted molar refractivity (Wildman–Crippen MR) is 110 cm³/mol. The molecular formula is C22H26N2O5. The van der Waals surface area contributed by atoms with E-state index < -0.39 is 6.10 Å². The maximum absolute atomic E-state index is 12.8. The Bertz CT molecular complexity index is 912. The number of aryl methyl sites for hydroxylation is 1. The van der Waals surface area contributed by atoms with E-state index in [0.29, 0.717) is 29.4 Å². The Kier molecular flexibility index (Phi) is 6.26. The first-order valence-corrected chi connectivity index (χ1v) is 9.53. The Morgan fingerprint density at radius 1 is 1.17 bits per heavy atom. The SMILES string of the molecule is CC[C@H]1Oc2ccc(C)cc2N(CC(=O)NCc2cc(OC)ccc2OC)C1=O. The van der Waals surface area contributed by atoms with Crippen LogP contribution < -0.4 is 24.4 Å². The number of fused-ring (bicyclic) bond motifs is 1. The van der Waals surface area contributed by atoms with Gasteiger partial charge in [0.15, 0.2) is 6.10 Å². The fourth-order valence-electron chi connectivity index (χ4n) is 3.27. The second-order valence-electron chi connectivity index (χ2n) is 6.86. The van der Waals surface area contributed by atoms with E-state index in [1.54, 1.807) is 26.4 Å². The topological polar surface area (TPSA) is 77.1 Å². The number of nitrogens with zero attached hydrogens (tertiary/aromatic N) is 1. The Morgan fingerprint density at radius 2 is 1.97 bits per heavy atom. The van der Waals surface area contributed by atoms with Crippen LogP contribution in [0, 0.1) is 6.92 Å².